The first-order valence-electron chi connectivity index (χ1n) is 7.46. The van der Waals surface area contributed by atoms with E-state index in [0.717, 1.165) is 26.1 Å². The fraction of sp³-hybridized carbons (Fsp3) is 0.625. The molecule has 0 spiro atoms. The minimum absolute atomic E-state index is 0.257. The lowest BCUT2D eigenvalue weighted by atomic mass is 10.1. The number of likely N-dealkylation sites (N-methyl/N-ethyl adjacent to an activating group) is 2. The third-order valence-electron chi connectivity index (χ3n) is 4.24. The van der Waals surface area contributed by atoms with Crippen LogP contribution in [0.15, 0.2) is 18.2 Å². The molecule has 20 heavy (non-hydrogen) atoms. The number of para-hydroxylation sites is 1. The summed E-state index contributed by atoms with van der Waals surface area (Å²) in [5, 5.41) is 9.83. The highest BCUT2D eigenvalue weighted by Gasteiger charge is 2.26. The summed E-state index contributed by atoms with van der Waals surface area (Å²) < 4.78 is 14.1. The third-order valence-corrected chi connectivity index (χ3v) is 4.24. The Bertz CT molecular complexity index is 450. The van der Waals surface area contributed by atoms with Crippen LogP contribution in [-0.2, 0) is 0 Å². The van der Waals surface area contributed by atoms with Gasteiger partial charge in [-0.25, -0.2) is 4.39 Å². The summed E-state index contributed by atoms with van der Waals surface area (Å²) in [6.07, 6.45) is 1.72. The first-order valence-corrected chi connectivity index (χ1v) is 7.46. The van der Waals surface area contributed by atoms with E-state index < -0.39 is 6.10 Å². The molecular weight excluding hydrogens is 255 g/mol. The lowest BCUT2D eigenvalue weighted by molar-refractivity contribution is 0.199. The molecule has 0 saturated carbocycles. The van der Waals surface area contributed by atoms with Crippen LogP contribution >= 0.6 is 0 Å². The van der Waals surface area contributed by atoms with E-state index in [4.69, 9.17) is 0 Å². The van der Waals surface area contributed by atoms with Crippen LogP contribution in [0.2, 0.25) is 0 Å². The van der Waals surface area contributed by atoms with E-state index in [0.29, 0.717) is 17.3 Å². The van der Waals surface area contributed by atoms with Gasteiger partial charge in [0.1, 0.15) is 5.82 Å². The second kappa shape index (κ2) is 6.55. The summed E-state index contributed by atoms with van der Waals surface area (Å²) in [4.78, 5) is 4.40. The molecule has 1 heterocycles. The Morgan fingerprint density at radius 3 is 2.90 bits per heavy atom. The van der Waals surface area contributed by atoms with Crippen LogP contribution in [0.3, 0.4) is 0 Å². The Kier molecular flexibility index (Phi) is 5.00. The van der Waals surface area contributed by atoms with Crippen molar-refractivity contribution in [3.8, 4) is 0 Å². The number of aliphatic hydroxyl groups is 1. The highest BCUT2D eigenvalue weighted by Crippen LogP contribution is 2.30. The Balaban J connectivity index is 2.18. The minimum Gasteiger partial charge on any atom is -0.389 e. The van der Waals surface area contributed by atoms with Crippen LogP contribution in [0.5, 0.6) is 0 Å². The van der Waals surface area contributed by atoms with Crippen molar-refractivity contribution in [1.29, 1.82) is 0 Å². The average Bonchev–Trinajstić information content (AvgIpc) is 2.85. The van der Waals surface area contributed by atoms with Crippen LogP contribution < -0.4 is 4.90 Å². The van der Waals surface area contributed by atoms with Crippen molar-refractivity contribution in [2.75, 3.05) is 31.6 Å². The number of anilines is 1. The van der Waals surface area contributed by atoms with Crippen molar-refractivity contribution >= 4 is 5.69 Å². The number of likely N-dealkylation sites (tertiary alicyclic amines) is 1. The minimum atomic E-state index is -0.658. The summed E-state index contributed by atoms with van der Waals surface area (Å²) in [6, 6.07) is 5.39. The molecule has 0 bridgehead atoms. The quantitative estimate of drug-likeness (QED) is 0.898. The van der Waals surface area contributed by atoms with Crippen LogP contribution in [0.1, 0.15) is 38.4 Å². The fourth-order valence-corrected chi connectivity index (χ4v) is 3.20. The number of benzene rings is 1. The first-order chi connectivity index (χ1) is 9.54. The second-order valence-corrected chi connectivity index (χ2v) is 5.66. The molecule has 1 aromatic rings. The van der Waals surface area contributed by atoms with Crippen molar-refractivity contribution in [1.82, 2.24) is 4.90 Å². The standard InChI is InChI=1S/C16H25FN2O/c1-4-19-10-6-7-13(19)11-18(3)16-14(12(2)20)8-5-9-15(16)17/h5,8-9,12-13,20H,4,6-7,10-11H2,1-3H3/t12-,13?/m1/s1. The van der Waals surface area contributed by atoms with Gasteiger partial charge in [0, 0.05) is 25.2 Å². The van der Waals surface area contributed by atoms with E-state index in [9.17, 15) is 9.50 Å². The number of aliphatic hydroxyl groups excluding tert-OH is 1. The van der Waals surface area contributed by atoms with Crippen LogP contribution in [-0.4, -0.2) is 42.7 Å². The van der Waals surface area contributed by atoms with Gasteiger partial charge in [-0.15, -0.1) is 0 Å². The van der Waals surface area contributed by atoms with E-state index >= 15 is 0 Å². The summed E-state index contributed by atoms with van der Waals surface area (Å²) in [6.45, 7) is 6.83. The van der Waals surface area contributed by atoms with Crippen molar-refractivity contribution in [2.24, 2.45) is 0 Å². The summed E-state index contributed by atoms with van der Waals surface area (Å²) in [5.41, 5.74) is 1.19. The van der Waals surface area contributed by atoms with E-state index in [1.54, 1.807) is 19.1 Å². The van der Waals surface area contributed by atoms with Gasteiger partial charge in [0.25, 0.3) is 0 Å². The molecule has 0 aliphatic carbocycles. The van der Waals surface area contributed by atoms with Crippen LogP contribution in [0.4, 0.5) is 10.1 Å². The highest BCUT2D eigenvalue weighted by atomic mass is 19.1. The number of rotatable bonds is 5. The molecule has 1 N–H and O–H groups in total. The fourth-order valence-electron chi connectivity index (χ4n) is 3.20. The topological polar surface area (TPSA) is 26.7 Å². The summed E-state index contributed by atoms with van der Waals surface area (Å²) in [7, 11) is 1.91. The van der Waals surface area contributed by atoms with E-state index in [-0.39, 0.29) is 5.82 Å². The molecule has 1 aliphatic rings. The van der Waals surface area contributed by atoms with Crippen molar-refractivity contribution in [3.05, 3.63) is 29.6 Å². The lowest BCUT2D eigenvalue weighted by Crippen LogP contribution is -2.39. The Morgan fingerprint density at radius 2 is 2.25 bits per heavy atom. The van der Waals surface area contributed by atoms with Crippen molar-refractivity contribution in [2.45, 2.75) is 38.8 Å². The monoisotopic (exact) mass is 280 g/mol. The summed E-state index contributed by atoms with van der Waals surface area (Å²) >= 11 is 0. The summed E-state index contributed by atoms with van der Waals surface area (Å²) in [5.74, 6) is -0.257. The number of hydrogen-bond acceptors (Lipinski definition) is 3. The normalized spacial score (nSPS) is 21.1. The second-order valence-electron chi connectivity index (χ2n) is 5.66. The molecule has 1 aromatic carbocycles. The number of halogens is 1. The van der Waals surface area contributed by atoms with Gasteiger partial charge < -0.3 is 10.0 Å². The zero-order valence-corrected chi connectivity index (χ0v) is 12.6. The van der Waals surface area contributed by atoms with Gasteiger partial charge in [-0.05, 0) is 38.9 Å². The molecule has 3 nitrogen and oxygen atoms in total. The van der Waals surface area contributed by atoms with Crippen molar-refractivity contribution in [3.63, 3.8) is 0 Å². The smallest absolute Gasteiger partial charge is 0.146 e. The Morgan fingerprint density at radius 1 is 1.50 bits per heavy atom. The zero-order valence-electron chi connectivity index (χ0n) is 12.6. The third kappa shape index (κ3) is 3.13. The maximum atomic E-state index is 14.1. The number of nitrogens with zero attached hydrogens (tertiary/aromatic N) is 2. The van der Waals surface area contributed by atoms with Gasteiger partial charge in [-0.1, -0.05) is 19.1 Å². The van der Waals surface area contributed by atoms with Crippen molar-refractivity contribution < 1.29 is 9.50 Å². The molecule has 112 valence electrons. The molecule has 0 amide bonds. The molecule has 2 rings (SSSR count). The van der Waals surface area contributed by atoms with Gasteiger partial charge in [-0.2, -0.15) is 0 Å². The van der Waals surface area contributed by atoms with Gasteiger partial charge >= 0.3 is 0 Å². The predicted molar refractivity (Wildman–Crippen MR) is 80.6 cm³/mol. The average molecular weight is 280 g/mol. The molecule has 1 fully saturated rings. The van der Waals surface area contributed by atoms with E-state index in [1.165, 1.54) is 12.5 Å². The molecular formula is C16H25FN2O. The van der Waals surface area contributed by atoms with E-state index in [2.05, 4.69) is 11.8 Å². The predicted octanol–water partition coefficient (Wildman–Crippen LogP) is 2.80. The molecule has 0 radical (unpaired) electrons. The Labute approximate surface area is 121 Å². The van der Waals surface area contributed by atoms with Gasteiger partial charge in [0.05, 0.1) is 11.8 Å². The molecule has 1 aliphatic heterocycles. The maximum absolute atomic E-state index is 14.1. The van der Waals surface area contributed by atoms with Gasteiger partial charge in [0.15, 0.2) is 0 Å². The molecule has 0 aromatic heterocycles. The van der Waals surface area contributed by atoms with Crippen LogP contribution in [0.25, 0.3) is 0 Å². The largest absolute Gasteiger partial charge is 0.389 e. The zero-order chi connectivity index (χ0) is 14.7. The highest BCUT2D eigenvalue weighted by molar-refractivity contribution is 5.55. The van der Waals surface area contributed by atoms with Gasteiger partial charge in [0.2, 0.25) is 0 Å². The maximum Gasteiger partial charge on any atom is 0.146 e. The molecule has 1 saturated heterocycles. The van der Waals surface area contributed by atoms with E-state index in [1.807, 2.05) is 11.9 Å². The van der Waals surface area contributed by atoms with Gasteiger partial charge in [-0.3, -0.25) is 4.90 Å². The SMILES string of the molecule is CCN1CCCC1CN(C)c1c(F)cccc1[C@@H](C)O. The molecule has 2 atom stereocenters. The first kappa shape index (κ1) is 15.3. The lowest BCUT2D eigenvalue weighted by Gasteiger charge is -2.30. The number of hydrogen-bond donors (Lipinski definition) is 1. The molecule has 1 unspecified atom stereocenters. The molecule has 4 heteroatoms. The van der Waals surface area contributed by atoms with Crippen LogP contribution in [0, 0.1) is 5.82 Å². The Hall–Kier alpha value is -1.13.